The Kier molecular flexibility index (Phi) is 7.29. The smallest absolute Gasteiger partial charge is 0.338 e. The summed E-state index contributed by atoms with van der Waals surface area (Å²) in [5, 5.41) is 14.5. The van der Waals surface area contributed by atoms with Gasteiger partial charge in [0.15, 0.2) is 10.8 Å². The lowest BCUT2D eigenvalue weighted by atomic mass is 9.95. The number of hydrogen-bond donors (Lipinski definition) is 2. The van der Waals surface area contributed by atoms with Crippen molar-refractivity contribution in [3.63, 3.8) is 0 Å². The molecule has 0 bridgehead atoms. The van der Waals surface area contributed by atoms with Crippen LogP contribution < -0.4 is 5.32 Å². The van der Waals surface area contributed by atoms with Gasteiger partial charge in [0.25, 0.3) is 5.92 Å². The maximum Gasteiger partial charge on any atom is 0.338 e. The van der Waals surface area contributed by atoms with Gasteiger partial charge in [0.05, 0.1) is 18.7 Å². The van der Waals surface area contributed by atoms with Crippen LogP contribution in [0.3, 0.4) is 0 Å². The number of carboxylic acid groups (broad SMARTS) is 1. The van der Waals surface area contributed by atoms with Gasteiger partial charge in [-0.1, -0.05) is 22.0 Å². The van der Waals surface area contributed by atoms with Gasteiger partial charge in [-0.15, -0.1) is 11.3 Å². The number of aromatic nitrogens is 1. The number of esters is 1. The van der Waals surface area contributed by atoms with E-state index in [-0.39, 0.29) is 24.4 Å². The number of carbonyl (C=O) groups is 2. The van der Waals surface area contributed by atoms with Crippen LogP contribution >= 0.6 is 27.3 Å². The molecule has 0 aliphatic carbocycles. The largest absolute Gasteiger partial charge is 0.481 e. The quantitative estimate of drug-likeness (QED) is 0.488. The molecule has 1 aromatic carbocycles. The van der Waals surface area contributed by atoms with Crippen molar-refractivity contribution in [2.75, 3.05) is 26.2 Å². The Morgan fingerprint density at radius 1 is 1.40 bits per heavy atom. The summed E-state index contributed by atoms with van der Waals surface area (Å²) in [4.78, 5) is 34.6. The number of nitrogens with zero attached hydrogens (tertiary/aromatic N) is 3. The van der Waals surface area contributed by atoms with Crippen molar-refractivity contribution < 1.29 is 32.6 Å². The minimum absolute atomic E-state index is 0.0544. The normalized spacial score (nSPS) is 22.0. The zero-order valence-corrected chi connectivity index (χ0v) is 20.7. The van der Waals surface area contributed by atoms with E-state index >= 15 is 0 Å². The topological polar surface area (TPSA) is 104 Å². The van der Waals surface area contributed by atoms with Crippen LogP contribution in [0.25, 0.3) is 0 Å². The third kappa shape index (κ3) is 5.26. The zero-order valence-electron chi connectivity index (χ0n) is 18.3. The van der Waals surface area contributed by atoms with Crippen LogP contribution in [0.15, 0.2) is 50.5 Å². The van der Waals surface area contributed by atoms with Crippen molar-refractivity contribution >= 4 is 45.0 Å². The Balaban J connectivity index is 1.80. The van der Waals surface area contributed by atoms with Crippen molar-refractivity contribution in [3.05, 3.63) is 61.9 Å². The average molecular weight is 573 g/mol. The summed E-state index contributed by atoms with van der Waals surface area (Å²) in [5.41, 5.74) is 0.742. The number of hydrogen-bond acceptors (Lipinski definition) is 8. The van der Waals surface area contributed by atoms with Crippen molar-refractivity contribution in [2.24, 2.45) is 10.9 Å². The second kappa shape index (κ2) is 10.1. The fourth-order valence-electron chi connectivity index (χ4n) is 4.03. The average Bonchev–Trinajstić information content (AvgIpc) is 3.41. The van der Waals surface area contributed by atoms with E-state index in [1.165, 1.54) is 34.4 Å². The molecule has 0 amide bonds. The third-order valence-corrected chi connectivity index (χ3v) is 7.04. The molecule has 0 radical (unpaired) electrons. The van der Waals surface area contributed by atoms with E-state index < -0.39 is 48.7 Å². The fourth-order valence-corrected chi connectivity index (χ4v) is 5.19. The van der Waals surface area contributed by atoms with Crippen molar-refractivity contribution in [3.8, 4) is 0 Å². The third-order valence-electron chi connectivity index (χ3n) is 5.58. The molecule has 0 spiro atoms. The number of aliphatic carboxylic acids is 1. The first-order valence-electron chi connectivity index (χ1n) is 10.5. The number of rotatable bonds is 7. The molecule has 35 heavy (non-hydrogen) atoms. The zero-order chi connectivity index (χ0) is 25.3. The molecule has 0 saturated carbocycles. The molecule has 1 aromatic heterocycles. The molecule has 3 heterocycles. The molecule has 2 N–H and O–H groups in total. The van der Waals surface area contributed by atoms with Gasteiger partial charge in [-0.2, -0.15) is 0 Å². The van der Waals surface area contributed by atoms with E-state index in [4.69, 9.17) is 4.74 Å². The van der Waals surface area contributed by atoms with Crippen LogP contribution in [-0.2, 0) is 14.3 Å². The number of halogens is 4. The predicted octanol–water partition coefficient (Wildman–Crippen LogP) is 3.60. The Morgan fingerprint density at radius 2 is 2.17 bits per heavy atom. The van der Waals surface area contributed by atoms with Crippen LogP contribution in [0.1, 0.15) is 23.5 Å². The summed E-state index contributed by atoms with van der Waals surface area (Å²) in [7, 11) is 0. The summed E-state index contributed by atoms with van der Waals surface area (Å²) >= 11 is 4.60. The molecule has 13 heteroatoms. The second-order valence-corrected chi connectivity index (χ2v) is 9.69. The lowest BCUT2D eigenvalue weighted by molar-refractivity contribution is -0.151. The predicted molar refractivity (Wildman–Crippen MR) is 125 cm³/mol. The Morgan fingerprint density at radius 3 is 2.77 bits per heavy atom. The summed E-state index contributed by atoms with van der Waals surface area (Å²) in [6.07, 6.45) is 1.57. The summed E-state index contributed by atoms with van der Waals surface area (Å²) < 4.78 is 48.1. The first-order valence-corrected chi connectivity index (χ1v) is 12.2. The number of likely N-dealkylation sites (tertiary alicyclic amines) is 1. The van der Waals surface area contributed by atoms with Crippen molar-refractivity contribution in [1.82, 2.24) is 15.2 Å². The molecule has 2 atom stereocenters. The van der Waals surface area contributed by atoms with Crippen LogP contribution in [0.2, 0.25) is 0 Å². The highest BCUT2D eigenvalue weighted by Gasteiger charge is 2.52. The fraction of sp³-hybridized carbons (Fsp3) is 0.364. The van der Waals surface area contributed by atoms with Gasteiger partial charge in [0.2, 0.25) is 0 Å². The van der Waals surface area contributed by atoms with Crippen LogP contribution in [0.4, 0.5) is 13.2 Å². The molecule has 8 nitrogen and oxygen atoms in total. The number of benzene rings is 1. The summed E-state index contributed by atoms with van der Waals surface area (Å²) in [6.45, 7) is 0.296. The summed E-state index contributed by atoms with van der Waals surface area (Å²) in [5.74, 6) is -7.82. The number of alkyl halides is 2. The Bertz CT molecular complexity index is 1210. The lowest BCUT2D eigenvalue weighted by Gasteiger charge is -2.29. The van der Waals surface area contributed by atoms with E-state index in [0.717, 1.165) is 0 Å². The molecule has 2 aliphatic heterocycles. The highest BCUT2D eigenvalue weighted by molar-refractivity contribution is 9.10. The van der Waals surface area contributed by atoms with Gasteiger partial charge in [0.1, 0.15) is 17.8 Å². The van der Waals surface area contributed by atoms with Gasteiger partial charge in [-0.05, 0) is 24.6 Å². The van der Waals surface area contributed by atoms with Gasteiger partial charge < -0.3 is 15.2 Å². The van der Waals surface area contributed by atoms with Gasteiger partial charge in [-0.3, -0.25) is 14.7 Å². The van der Waals surface area contributed by atoms with Gasteiger partial charge >= 0.3 is 11.9 Å². The van der Waals surface area contributed by atoms with E-state index in [1.54, 1.807) is 18.5 Å². The molecule has 186 valence electrons. The number of ether oxygens (including phenoxy) is 1. The molecule has 2 unspecified atom stereocenters. The van der Waals surface area contributed by atoms with E-state index in [2.05, 4.69) is 31.2 Å². The molecule has 1 fully saturated rings. The molecular formula is C22H20BrF3N4O4S. The highest BCUT2D eigenvalue weighted by atomic mass is 79.9. The van der Waals surface area contributed by atoms with Crippen molar-refractivity contribution in [1.29, 1.82) is 0 Å². The van der Waals surface area contributed by atoms with Crippen molar-refractivity contribution in [2.45, 2.75) is 18.9 Å². The maximum absolute atomic E-state index is 14.3. The first-order chi connectivity index (χ1) is 16.6. The molecular weight excluding hydrogens is 553 g/mol. The lowest BCUT2D eigenvalue weighted by Crippen LogP contribution is -2.39. The van der Waals surface area contributed by atoms with Gasteiger partial charge in [-0.25, -0.2) is 22.9 Å². The number of aliphatic imine (C=N–C) groups is 1. The Hall–Kier alpha value is -2.77. The van der Waals surface area contributed by atoms with E-state index in [1.807, 2.05) is 0 Å². The minimum atomic E-state index is -3.43. The van der Waals surface area contributed by atoms with E-state index in [9.17, 15) is 27.9 Å². The van der Waals surface area contributed by atoms with E-state index in [0.29, 0.717) is 20.9 Å². The highest BCUT2D eigenvalue weighted by Crippen LogP contribution is 2.38. The summed E-state index contributed by atoms with van der Waals surface area (Å²) in [6, 6.07) is 2.97. The Labute approximate surface area is 210 Å². The molecule has 1 saturated heterocycles. The van der Waals surface area contributed by atoms with Gasteiger partial charge in [0, 0.05) is 34.8 Å². The number of carboxylic acids is 1. The minimum Gasteiger partial charge on any atom is -0.481 e. The first kappa shape index (κ1) is 25.3. The van der Waals surface area contributed by atoms with Crippen LogP contribution in [0.5, 0.6) is 0 Å². The molecule has 2 aliphatic rings. The standard InChI is InChI=1S/C22H20BrF3N4O4S/c1-2-34-21(33)16-15(9-30-8-13(20(31)32)22(25,26)10-30)28-18(19-27-5-6-35-19)29-17(16)12-4-3-11(24)7-14(12)23/h3-7,13,17H,2,8-10H2,1H3,(H,28,29)(H,31,32). The monoisotopic (exact) mass is 572 g/mol. The van der Waals surface area contributed by atoms with Crippen LogP contribution in [-0.4, -0.2) is 64.9 Å². The molecule has 2 aromatic rings. The second-order valence-electron chi connectivity index (χ2n) is 7.94. The SMILES string of the molecule is CCOC(=O)C1=C(CN2CC(C(=O)O)C(F)(F)C2)NC(c2nccs2)=NC1c1ccc(F)cc1Br. The van der Waals surface area contributed by atoms with Crippen LogP contribution in [0, 0.1) is 11.7 Å². The maximum atomic E-state index is 14.3. The number of thiazole rings is 1. The number of amidine groups is 1. The molecule has 4 rings (SSSR count). The number of nitrogens with one attached hydrogen (secondary N) is 1. The number of carbonyl (C=O) groups excluding carboxylic acids is 1.